The number of carbonyl (C=O) groups is 1. The highest BCUT2D eigenvalue weighted by molar-refractivity contribution is 7.13. The van der Waals surface area contributed by atoms with Gasteiger partial charge in [-0.05, 0) is 0 Å². The van der Waals surface area contributed by atoms with Crippen molar-refractivity contribution in [3.63, 3.8) is 0 Å². The van der Waals surface area contributed by atoms with Gasteiger partial charge in [-0.25, -0.2) is 4.98 Å². The fourth-order valence-electron chi connectivity index (χ4n) is 1.40. The van der Waals surface area contributed by atoms with Crippen LogP contribution in [0.3, 0.4) is 0 Å². The number of rotatable bonds is 3. The number of hydrogen-bond acceptors (Lipinski definition) is 3. The lowest BCUT2D eigenvalue weighted by molar-refractivity contribution is -0.115. The zero-order chi connectivity index (χ0) is 12.3. The highest BCUT2D eigenvalue weighted by Crippen LogP contribution is 2.23. The SMILES string of the molecule is CC(=O)C(=[N+]=[N-])c1csc(-c2ccccc2)n1. The molecule has 0 bridgehead atoms. The molecule has 0 aliphatic heterocycles. The smallest absolute Gasteiger partial charge is 0.361 e. The zero-order valence-electron chi connectivity index (χ0n) is 9.12. The predicted molar refractivity (Wildman–Crippen MR) is 66.0 cm³/mol. The van der Waals surface area contributed by atoms with E-state index in [1.165, 1.54) is 18.3 Å². The lowest BCUT2D eigenvalue weighted by Crippen LogP contribution is -2.13. The highest BCUT2D eigenvalue weighted by atomic mass is 32.1. The first-order chi connectivity index (χ1) is 8.22. The van der Waals surface area contributed by atoms with E-state index in [2.05, 4.69) is 9.77 Å². The summed E-state index contributed by atoms with van der Waals surface area (Å²) in [6, 6.07) is 9.64. The molecule has 1 aromatic heterocycles. The molecule has 0 unspecified atom stereocenters. The van der Waals surface area contributed by atoms with Crippen molar-refractivity contribution >= 4 is 22.8 Å². The Labute approximate surface area is 102 Å². The Morgan fingerprint density at radius 1 is 1.35 bits per heavy atom. The molecule has 1 heterocycles. The largest absolute Gasteiger partial charge is 0.383 e. The van der Waals surface area contributed by atoms with Gasteiger partial charge in [-0.3, -0.25) is 4.79 Å². The molecule has 2 aromatic rings. The van der Waals surface area contributed by atoms with Crippen LogP contribution in [0.5, 0.6) is 0 Å². The Morgan fingerprint density at radius 2 is 2.06 bits per heavy atom. The molecule has 2 rings (SSSR count). The molecule has 0 saturated carbocycles. The quantitative estimate of drug-likeness (QED) is 0.472. The predicted octanol–water partition coefficient (Wildman–Crippen LogP) is 2.42. The van der Waals surface area contributed by atoms with Crippen LogP contribution in [0.15, 0.2) is 35.7 Å². The summed E-state index contributed by atoms with van der Waals surface area (Å²) in [6.07, 6.45) is 0. The average molecular weight is 243 g/mol. The summed E-state index contributed by atoms with van der Waals surface area (Å²) in [5.74, 6) is -0.308. The van der Waals surface area contributed by atoms with Crippen LogP contribution >= 0.6 is 11.3 Å². The molecule has 0 atom stereocenters. The zero-order valence-corrected chi connectivity index (χ0v) is 9.94. The molecule has 0 aliphatic rings. The molecule has 0 spiro atoms. The highest BCUT2D eigenvalue weighted by Gasteiger charge is 2.21. The summed E-state index contributed by atoms with van der Waals surface area (Å²) in [6.45, 7) is 1.34. The van der Waals surface area contributed by atoms with Gasteiger partial charge in [0.1, 0.15) is 5.01 Å². The second kappa shape index (κ2) is 4.82. The molecule has 84 valence electrons. The lowest BCUT2D eigenvalue weighted by atomic mass is 10.2. The Hall–Kier alpha value is -2.10. The van der Waals surface area contributed by atoms with Crippen molar-refractivity contribution < 1.29 is 9.58 Å². The first-order valence-electron chi connectivity index (χ1n) is 4.96. The minimum absolute atomic E-state index is 0.0107. The summed E-state index contributed by atoms with van der Waals surface area (Å²) < 4.78 is 0. The number of Topliss-reactive ketones (excluding diaryl/α,β-unsaturated/α-hetero) is 1. The third kappa shape index (κ3) is 2.36. The van der Waals surface area contributed by atoms with E-state index in [0.29, 0.717) is 5.69 Å². The van der Waals surface area contributed by atoms with Crippen molar-refractivity contribution in [2.75, 3.05) is 0 Å². The van der Waals surface area contributed by atoms with Gasteiger partial charge in [0.05, 0.1) is 0 Å². The maximum Gasteiger partial charge on any atom is 0.383 e. The molecular formula is C12H9N3OS. The van der Waals surface area contributed by atoms with E-state index in [0.717, 1.165) is 10.6 Å². The van der Waals surface area contributed by atoms with E-state index in [-0.39, 0.29) is 11.5 Å². The van der Waals surface area contributed by atoms with Gasteiger partial charge in [0.25, 0.3) is 0 Å². The number of hydrogen-bond donors (Lipinski definition) is 0. The van der Waals surface area contributed by atoms with Crippen molar-refractivity contribution in [1.29, 1.82) is 0 Å². The van der Waals surface area contributed by atoms with Gasteiger partial charge in [0.15, 0.2) is 5.69 Å². The van der Waals surface area contributed by atoms with Gasteiger partial charge in [0.2, 0.25) is 5.78 Å². The summed E-state index contributed by atoms with van der Waals surface area (Å²) in [5, 5.41) is 2.50. The third-order valence-corrected chi connectivity index (χ3v) is 3.09. The van der Waals surface area contributed by atoms with Gasteiger partial charge < -0.3 is 5.53 Å². The molecular weight excluding hydrogens is 234 g/mol. The molecule has 0 aliphatic carbocycles. The summed E-state index contributed by atoms with van der Waals surface area (Å²) >= 11 is 1.41. The normalized spacial score (nSPS) is 9.71. The topological polar surface area (TPSA) is 66.4 Å². The standard InChI is InChI=1S/C12H9N3OS/c1-8(16)11(15-13)10-7-17-12(14-10)9-5-3-2-4-6-9/h2-7H,1H3. The monoisotopic (exact) mass is 243 g/mol. The van der Waals surface area contributed by atoms with Crippen LogP contribution in [0.4, 0.5) is 0 Å². The maximum absolute atomic E-state index is 11.2. The molecule has 0 N–H and O–H groups in total. The van der Waals surface area contributed by atoms with Crippen LogP contribution in [0.1, 0.15) is 12.6 Å². The van der Waals surface area contributed by atoms with Crippen LogP contribution in [-0.4, -0.2) is 21.3 Å². The van der Waals surface area contributed by atoms with E-state index in [9.17, 15) is 4.79 Å². The Bertz CT molecular complexity index is 597. The number of ketones is 1. The third-order valence-electron chi connectivity index (χ3n) is 2.20. The van der Waals surface area contributed by atoms with Crippen molar-refractivity contribution in [2.45, 2.75) is 6.92 Å². The van der Waals surface area contributed by atoms with Crippen LogP contribution < -0.4 is 0 Å². The van der Waals surface area contributed by atoms with Gasteiger partial charge in [-0.2, -0.15) is 4.79 Å². The molecule has 0 saturated heterocycles. The van der Waals surface area contributed by atoms with Crippen molar-refractivity contribution in [1.82, 2.24) is 4.98 Å². The second-order valence-corrected chi connectivity index (χ2v) is 4.27. The number of thiazole rings is 1. The minimum Gasteiger partial charge on any atom is -0.361 e. The van der Waals surface area contributed by atoms with Gasteiger partial charge in [0, 0.05) is 17.9 Å². The molecule has 1 aromatic carbocycles. The molecule has 4 nitrogen and oxygen atoms in total. The number of aromatic nitrogens is 1. The van der Waals surface area contributed by atoms with Gasteiger partial charge in [-0.1, -0.05) is 30.3 Å². The van der Waals surface area contributed by atoms with E-state index in [1.54, 1.807) is 5.38 Å². The molecule has 5 heteroatoms. The Morgan fingerprint density at radius 3 is 2.65 bits per heavy atom. The fourth-order valence-corrected chi connectivity index (χ4v) is 2.21. The molecule has 0 amide bonds. The molecule has 17 heavy (non-hydrogen) atoms. The summed E-state index contributed by atoms with van der Waals surface area (Å²) in [7, 11) is 0. The first-order valence-corrected chi connectivity index (χ1v) is 5.84. The number of carbonyl (C=O) groups excluding carboxylic acids is 1. The Kier molecular flexibility index (Phi) is 3.23. The maximum atomic E-state index is 11.2. The van der Waals surface area contributed by atoms with E-state index in [1.807, 2.05) is 30.3 Å². The molecule has 0 fully saturated rings. The van der Waals surface area contributed by atoms with Crippen molar-refractivity contribution in [2.24, 2.45) is 0 Å². The summed E-state index contributed by atoms with van der Waals surface area (Å²) in [5.41, 5.74) is 10.1. The van der Waals surface area contributed by atoms with Crippen LogP contribution in [0.25, 0.3) is 16.1 Å². The van der Waals surface area contributed by atoms with E-state index < -0.39 is 0 Å². The Balaban J connectivity index is 2.41. The van der Waals surface area contributed by atoms with E-state index >= 15 is 0 Å². The second-order valence-electron chi connectivity index (χ2n) is 3.41. The summed E-state index contributed by atoms with van der Waals surface area (Å²) in [4.78, 5) is 18.5. The minimum atomic E-state index is -0.308. The molecule has 0 radical (unpaired) electrons. The van der Waals surface area contributed by atoms with Crippen molar-refractivity contribution in [3.8, 4) is 10.6 Å². The van der Waals surface area contributed by atoms with Gasteiger partial charge >= 0.3 is 5.71 Å². The van der Waals surface area contributed by atoms with Crippen molar-refractivity contribution in [3.05, 3.63) is 46.9 Å². The number of nitrogens with zero attached hydrogens (tertiary/aromatic N) is 3. The fraction of sp³-hybridized carbons (Fsp3) is 0.0833. The van der Waals surface area contributed by atoms with Gasteiger partial charge in [-0.15, -0.1) is 11.3 Å². The van der Waals surface area contributed by atoms with Crippen LogP contribution in [0.2, 0.25) is 0 Å². The van der Waals surface area contributed by atoms with Crippen LogP contribution in [0, 0.1) is 0 Å². The number of benzene rings is 1. The van der Waals surface area contributed by atoms with E-state index in [4.69, 9.17) is 5.53 Å². The lowest BCUT2D eigenvalue weighted by Gasteiger charge is -1.92. The van der Waals surface area contributed by atoms with Crippen LogP contribution in [-0.2, 0) is 4.79 Å². The average Bonchev–Trinajstić information content (AvgIpc) is 2.80. The first kappa shape index (κ1) is 11.4.